The van der Waals surface area contributed by atoms with Crippen molar-refractivity contribution in [3.8, 4) is 0 Å². The van der Waals surface area contributed by atoms with Crippen LogP contribution in [-0.2, 0) is 0 Å². The first-order valence-corrected chi connectivity index (χ1v) is 4.77. The molecule has 74 valence electrons. The topological polar surface area (TPSA) is 79.4 Å². The highest BCUT2D eigenvalue weighted by Gasteiger charge is 2.23. The lowest BCUT2D eigenvalue weighted by Gasteiger charge is -2.19. The van der Waals surface area contributed by atoms with Crippen LogP contribution in [0.4, 0.5) is 5.82 Å². The highest BCUT2D eigenvalue weighted by atomic mass is 79.9. The molecule has 1 unspecified atom stereocenters. The molecule has 0 aliphatic carbocycles. The van der Waals surface area contributed by atoms with E-state index in [9.17, 15) is 0 Å². The second-order valence-electron chi connectivity index (χ2n) is 2.85. The van der Waals surface area contributed by atoms with Crippen LogP contribution < -0.4 is 11.1 Å². The molecule has 0 amide bonds. The molecule has 0 saturated carbocycles. The number of hydrazone groups is 1. The zero-order valence-corrected chi connectivity index (χ0v) is 9.06. The zero-order valence-electron chi connectivity index (χ0n) is 7.48. The molecule has 0 spiro atoms. The van der Waals surface area contributed by atoms with E-state index in [0.29, 0.717) is 16.1 Å². The van der Waals surface area contributed by atoms with Crippen LogP contribution in [0.2, 0.25) is 0 Å². The van der Waals surface area contributed by atoms with Crippen molar-refractivity contribution >= 4 is 28.1 Å². The molecule has 1 aromatic heterocycles. The molecular formula is C7H9BrN6. The summed E-state index contributed by atoms with van der Waals surface area (Å²) in [5, 5.41) is 8.77. The van der Waals surface area contributed by atoms with Crippen LogP contribution in [-0.4, -0.2) is 28.4 Å². The minimum absolute atomic E-state index is 0.139. The van der Waals surface area contributed by atoms with E-state index >= 15 is 0 Å². The lowest BCUT2D eigenvalue weighted by atomic mass is 10.3. The van der Waals surface area contributed by atoms with Gasteiger partial charge in [0, 0.05) is 7.05 Å². The third-order valence-corrected chi connectivity index (χ3v) is 2.29. The van der Waals surface area contributed by atoms with E-state index < -0.39 is 0 Å². The van der Waals surface area contributed by atoms with Gasteiger partial charge in [-0.25, -0.2) is 9.97 Å². The van der Waals surface area contributed by atoms with Crippen LogP contribution >= 0.6 is 15.9 Å². The smallest absolute Gasteiger partial charge is 0.163 e. The van der Waals surface area contributed by atoms with Crippen LogP contribution in [0, 0.1) is 0 Å². The Kier molecular flexibility index (Phi) is 2.24. The summed E-state index contributed by atoms with van der Waals surface area (Å²) in [6, 6.07) is 0. The Bertz CT molecular complexity index is 378. The van der Waals surface area contributed by atoms with Crippen LogP contribution in [0.3, 0.4) is 0 Å². The Morgan fingerprint density at radius 2 is 2.43 bits per heavy atom. The van der Waals surface area contributed by atoms with Gasteiger partial charge in [0.05, 0.1) is 6.20 Å². The molecule has 6 nitrogen and oxygen atoms in total. The van der Waals surface area contributed by atoms with Gasteiger partial charge in [-0.1, -0.05) is 0 Å². The van der Waals surface area contributed by atoms with E-state index in [1.165, 1.54) is 0 Å². The van der Waals surface area contributed by atoms with Gasteiger partial charge in [0.1, 0.15) is 22.5 Å². The SMILES string of the molecule is CN1N=CNC1c1nc(Br)cnc1N. The van der Waals surface area contributed by atoms with Crippen molar-refractivity contribution in [2.45, 2.75) is 6.17 Å². The molecule has 1 aliphatic rings. The average Bonchev–Trinajstić information content (AvgIpc) is 2.56. The van der Waals surface area contributed by atoms with E-state index in [1.54, 1.807) is 17.5 Å². The minimum atomic E-state index is -0.139. The Morgan fingerprint density at radius 1 is 1.64 bits per heavy atom. The number of nitrogens with two attached hydrogens (primary N) is 1. The number of nitrogens with one attached hydrogen (secondary N) is 1. The summed E-state index contributed by atoms with van der Waals surface area (Å²) in [5.41, 5.74) is 6.38. The number of hydrogen-bond acceptors (Lipinski definition) is 6. The third-order valence-electron chi connectivity index (χ3n) is 1.90. The molecule has 0 bridgehead atoms. The molecule has 2 heterocycles. The summed E-state index contributed by atoms with van der Waals surface area (Å²) in [6.45, 7) is 0. The number of rotatable bonds is 1. The molecule has 7 heteroatoms. The summed E-state index contributed by atoms with van der Waals surface area (Å²) in [5.74, 6) is 0.406. The van der Waals surface area contributed by atoms with Crippen LogP contribution in [0.25, 0.3) is 0 Å². The van der Waals surface area contributed by atoms with E-state index in [4.69, 9.17) is 5.73 Å². The Morgan fingerprint density at radius 3 is 3.07 bits per heavy atom. The number of nitrogens with zero attached hydrogens (tertiary/aromatic N) is 4. The fourth-order valence-electron chi connectivity index (χ4n) is 1.22. The number of aromatic nitrogens is 2. The van der Waals surface area contributed by atoms with E-state index in [1.807, 2.05) is 7.05 Å². The predicted molar refractivity (Wildman–Crippen MR) is 56.3 cm³/mol. The summed E-state index contributed by atoms with van der Waals surface area (Å²) in [4.78, 5) is 8.25. The van der Waals surface area contributed by atoms with Gasteiger partial charge in [-0.3, -0.25) is 5.01 Å². The monoisotopic (exact) mass is 256 g/mol. The number of hydrogen-bond donors (Lipinski definition) is 2. The van der Waals surface area contributed by atoms with Gasteiger partial charge in [-0.15, -0.1) is 0 Å². The van der Waals surface area contributed by atoms with Crippen molar-refractivity contribution in [3.63, 3.8) is 0 Å². The van der Waals surface area contributed by atoms with Gasteiger partial charge in [-0.2, -0.15) is 5.10 Å². The predicted octanol–water partition coefficient (Wildman–Crippen LogP) is 0.298. The van der Waals surface area contributed by atoms with Gasteiger partial charge >= 0.3 is 0 Å². The normalized spacial score (nSPS) is 19.9. The Balaban J connectivity index is 2.36. The molecule has 3 N–H and O–H groups in total. The molecule has 0 saturated heterocycles. The Labute approximate surface area is 89.3 Å². The van der Waals surface area contributed by atoms with Gasteiger partial charge in [-0.05, 0) is 15.9 Å². The van der Waals surface area contributed by atoms with E-state index in [2.05, 4.69) is 36.3 Å². The fourth-order valence-corrected chi connectivity index (χ4v) is 1.51. The summed E-state index contributed by atoms with van der Waals surface area (Å²) < 4.78 is 0.656. The maximum absolute atomic E-state index is 5.71. The summed E-state index contributed by atoms with van der Waals surface area (Å²) >= 11 is 3.25. The first-order chi connectivity index (χ1) is 6.68. The first-order valence-electron chi connectivity index (χ1n) is 3.97. The maximum Gasteiger partial charge on any atom is 0.163 e. The quantitative estimate of drug-likeness (QED) is 0.756. The molecule has 0 fully saturated rings. The van der Waals surface area contributed by atoms with Gasteiger partial charge in [0.15, 0.2) is 6.17 Å². The lowest BCUT2D eigenvalue weighted by molar-refractivity contribution is 0.266. The highest BCUT2D eigenvalue weighted by Crippen LogP contribution is 2.22. The van der Waals surface area contributed by atoms with Crippen molar-refractivity contribution in [3.05, 3.63) is 16.5 Å². The Hall–Kier alpha value is -1.37. The first kappa shape index (κ1) is 9.20. The van der Waals surface area contributed by atoms with Crippen LogP contribution in [0.15, 0.2) is 15.9 Å². The number of halogens is 1. The van der Waals surface area contributed by atoms with E-state index in [-0.39, 0.29) is 6.17 Å². The molecule has 1 aromatic rings. The lowest BCUT2D eigenvalue weighted by Crippen LogP contribution is -2.26. The van der Waals surface area contributed by atoms with Crippen molar-refractivity contribution in [2.75, 3.05) is 12.8 Å². The largest absolute Gasteiger partial charge is 0.382 e. The van der Waals surface area contributed by atoms with Gasteiger partial charge in [0.2, 0.25) is 0 Å². The third kappa shape index (κ3) is 1.50. The van der Waals surface area contributed by atoms with Crippen molar-refractivity contribution < 1.29 is 0 Å². The van der Waals surface area contributed by atoms with Crippen LogP contribution in [0.1, 0.15) is 11.9 Å². The van der Waals surface area contributed by atoms with Gasteiger partial charge in [0.25, 0.3) is 0 Å². The van der Waals surface area contributed by atoms with Crippen molar-refractivity contribution in [2.24, 2.45) is 5.10 Å². The zero-order chi connectivity index (χ0) is 10.1. The summed E-state index contributed by atoms with van der Waals surface area (Å²) in [7, 11) is 1.84. The average molecular weight is 257 g/mol. The van der Waals surface area contributed by atoms with E-state index in [0.717, 1.165) is 0 Å². The number of nitrogen functional groups attached to an aromatic ring is 1. The van der Waals surface area contributed by atoms with Gasteiger partial charge < -0.3 is 11.1 Å². The molecule has 0 radical (unpaired) electrons. The highest BCUT2D eigenvalue weighted by molar-refractivity contribution is 9.10. The number of anilines is 1. The summed E-state index contributed by atoms with van der Waals surface area (Å²) in [6.07, 6.45) is 3.03. The molecule has 2 rings (SSSR count). The standard InChI is InChI=1S/C7H9BrN6/c1-14-7(11-3-12-14)5-6(9)10-2-4(8)13-5/h2-3,7H,1H3,(H2,9,10)(H,11,12). The molecule has 1 atom stereocenters. The maximum atomic E-state index is 5.71. The van der Waals surface area contributed by atoms with Crippen molar-refractivity contribution in [1.29, 1.82) is 0 Å². The second-order valence-corrected chi connectivity index (χ2v) is 3.66. The molecule has 1 aliphatic heterocycles. The van der Waals surface area contributed by atoms with Crippen LogP contribution in [0.5, 0.6) is 0 Å². The molecule has 14 heavy (non-hydrogen) atoms. The fraction of sp³-hybridized carbons (Fsp3) is 0.286. The van der Waals surface area contributed by atoms with Crippen molar-refractivity contribution in [1.82, 2.24) is 20.3 Å². The molecular weight excluding hydrogens is 248 g/mol. The molecule has 0 aromatic carbocycles. The minimum Gasteiger partial charge on any atom is -0.382 e. The second kappa shape index (κ2) is 3.41.